The number of carbonyl (C=O) groups excluding carboxylic acids is 2. The summed E-state index contributed by atoms with van der Waals surface area (Å²) < 4.78 is 5.15. The first-order valence-corrected chi connectivity index (χ1v) is 5.46. The van der Waals surface area contributed by atoms with Gasteiger partial charge >= 0.3 is 0 Å². The lowest BCUT2D eigenvalue weighted by Crippen LogP contribution is -2.33. The fraction of sp³-hybridized carbons (Fsp3) is 0.333. The topological polar surface area (TPSA) is 43.4 Å². The number of ketones is 2. The first kappa shape index (κ1) is 11.3. The van der Waals surface area contributed by atoms with Crippen LogP contribution in [0.15, 0.2) is 24.3 Å². The summed E-state index contributed by atoms with van der Waals surface area (Å²) in [6.07, 6.45) is 0.316. The van der Waals surface area contributed by atoms with Crippen LogP contribution in [0.25, 0.3) is 0 Å². The van der Waals surface area contributed by atoms with Gasteiger partial charge in [0.1, 0.15) is 11.7 Å². The third-order valence-electron chi connectivity index (χ3n) is 2.59. The van der Waals surface area contributed by atoms with Crippen molar-refractivity contribution < 1.29 is 14.3 Å². The molecular weight excluding hydrogens is 228 g/mol. The molecule has 0 saturated carbocycles. The van der Waals surface area contributed by atoms with Crippen molar-refractivity contribution in [3.63, 3.8) is 0 Å². The summed E-state index contributed by atoms with van der Waals surface area (Å²) in [5, 5.41) is 0.495. The predicted octanol–water partition coefficient (Wildman–Crippen LogP) is 2.13. The summed E-state index contributed by atoms with van der Waals surface area (Å²) in [4.78, 5) is 23.6. The molecule has 1 saturated heterocycles. The number of benzene rings is 1. The summed E-state index contributed by atoms with van der Waals surface area (Å²) in [6.45, 7) is 0.600. The first-order valence-electron chi connectivity index (χ1n) is 5.09. The lowest BCUT2D eigenvalue weighted by atomic mass is 9.91. The zero-order valence-corrected chi connectivity index (χ0v) is 9.37. The van der Waals surface area contributed by atoms with Gasteiger partial charge in [0.05, 0.1) is 13.2 Å². The molecule has 1 aliphatic rings. The van der Waals surface area contributed by atoms with Crippen LogP contribution >= 0.6 is 11.6 Å². The Labute approximate surface area is 98.4 Å². The Bertz CT molecular complexity index is 428. The Morgan fingerprint density at radius 1 is 1.44 bits per heavy atom. The van der Waals surface area contributed by atoms with E-state index in [1.807, 2.05) is 0 Å². The zero-order valence-electron chi connectivity index (χ0n) is 8.61. The van der Waals surface area contributed by atoms with Gasteiger partial charge in [-0.2, -0.15) is 0 Å². The van der Waals surface area contributed by atoms with Crippen molar-refractivity contribution in [1.82, 2.24) is 0 Å². The normalized spacial score (nSPS) is 20.8. The molecule has 0 N–H and O–H groups in total. The van der Waals surface area contributed by atoms with E-state index in [1.54, 1.807) is 24.3 Å². The minimum absolute atomic E-state index is 0.0452. The monoisotopic (exact) mass is 238 g/mol. The number of rotatable bonds is 2. The molecule has 1 unspecified atom stereocenters. The lowest BCUT2D eigenvalue weighted by Gasteiger charge is -2.19. The van der Waals surface area contributed by atoms with Crippen LogP contribution in [0.1, 0.15) is 16.8 Å². The van der Waals surface area contributed by atoms with Crippen LogP contribution < -0.4 is 0 Å². The molecular formula is C12H11ClO3. The molecule has 1 aromatic rings. The molecule has 16 heavy (non-hydrogen) atoms. The van der Waals surface area contributed by atoms with Gasteiger partial charge in [-0.1, -0.05) is 23.7 Å². The molecule has 0 aromatic heterocycles. The van der Waals surface area contributed by atoms with Crippen LogP contribution in [0.2, 0.25) is 5.02 Å². The number of hydrogen-bond donors (Lipinski definition) is 0. The number of hydrogen-bond acceptors (Lipinski definition) is 3. The van der Waals surface area contributed by atoms with E-state index in [0.717, 1.165) is 0 Å². The number of halogens is 1. The minimum Gasteiger partial charge on any atom is -0.380 e. The summed E-state index contributed by atoms with van der Waals surface area (Å²) >= 11 is 5.80. The van der Waals surface area contributed by atoms with E-state index in [2.05, 4.69) is 0 Å². The largest absolute Gasteiger partial charge is 0.380 e. The summed E-state index contributed by atoms with van der Waals surface area (Å²) in [5.74, 6) is -0.907. The molecule has 2 rings (SSSR count). The van der Waals surface area contributed by atoms with Gasteiger partial charge in [-0.05, 0) is 12.1 Å². The Morgan fingerprint density at radius 3 is 2.94 bits per heavy atom. The molecule has 0 spiro atoms. The number of ether oxygens (including phenoxy) is 1. The van der Waals surface area contributed by atoms with Gasteiger partial charge in [0.25, 0.3) is 0 Å². The van der Waals surface area contributed by atoms with Gasteiger partial charge in [-0.3, -0.25) is 9.59 Å². The van der Waals surface area contributed by atoms with Crippen molar-refractivity contribution >= 4 is 23.2 Å². The molecule has 4 heteroatoms. The smallest absolute Gasteiger partial charge is 0.175 e. The van der Waals surface area contributed by atoms with Crippen molar-refractivity contribution in [3.05, 3.63) is 34.9 Å². The van der Waals surface area contributed by atoms with Gasteiger partial charge in [0.2, 0.25) is 0 Å². The Kier molecular flexibility index (Phi) is 3.36. The van der Waals surface area contributed by atoms with E-state index in [0.29, 0.717) is 23.6 Å². The van der Waals surface area contributed by atoms with Crippen LogP contribution in [0.5, 0.6) is 0 Å². The second-order valence-corrected chi connectivity index (χ2v) is 4.15. The van der Waals surface area contributed by atoms with Crippen LogP contribution in [0.4, 0.5) is 0 Å². The van der Waals surface area contributed by atoms with Crippen LogP contribution in [0, 0.1) is 5.92 Å². The second kappa shape index (κ2) is 4.76. The van der Waals surface area contributed by atoms with E-state index >= 15 is 0 Å². The van der Waals surface area contributed by atoms with Gasteiger partial charge in [-0.25, -0.2) is 0 Å². The van der Waals surface area contributed by atoms with E-state index in [-0.39, 0.29) is 18.2 Å². The zero-order chi connectivity index (χ0) is 11.5. The molecule has 1 aliphatic heterocycles. The molecule has 0 amide bonds. The predicted molar refractivity (Wildman–Crippen MR) is 59.7 cm³/mol. The molecule has 1 fully saturated rings. The maximum absolute atomic E-state index is 12.0. The van der Waals surface area contributed by atoms with Crippen LogP contribution in [-0.2, 0) is 9.53 Å². The molecule has 0 radical (unpaired) electrons. The summed E-state index contributed by atoms with van der Waals surface area (Å²) in [6, 6.07) is 6.63. The van der Waals surface area contributed by atoms with Crippen LogP contribution in [-0.4, -0.2) is 24.8 Å². The van der Waals surface area contributed by atoms with E-state index < -0.39 is 5.92 Å². The van der Waals surface area contributed by atoms with Crippen molar-refractivity contribution in [1.29, 1.82) is 0 Å². The standard InChI is InChI=1S/C12H11ClO3/c13-9-3-1-2-8(6-9)12(15)10-7-16-5-4-11(10)14/h1-3,6,10H,4-5,7H2. The third-order valence-corrected chi connectivity index (χ3v) is 2.83. The Morgan fingerprint density at radius 2 is 2.25 bits per heavy atom. The van der Waals surface area contributed by atoms with E-state index in [1.165, 1.54) is 0 Å². The minimum atomic E-state index is -0.660. The number of carbonyl (C=O) groups is 2. The van der Waals surface area contributed by atoms with Gasteiger partial charge < -0.3 is 4.74 Å². The highest BCUT2D eigenvalue weighted by Crippen LogP contribution is 2.18. The maximum Gasteiger partial charge on any atom is 0.175 e. The quantitative estimate of drug-likeness (QED) is 0.586. The highest BCUT2D eigenvalue weighted by molar-refractivity contribution is 6.31. The SMILES string of the molecule is O=C1CCOCC1C(=O)c1cccc(Cl)c1. The summed E-state index contributed by atoms with van der Waals surface area (Å²) in [7, 11) is 0. The summed E-state index contributed by atoms with van der Waals surface area (Å²) in [5.41, 5.74) is 0.469. The second-order valence-electron chi connectivity index (χ2n) is 3.72. The van der Waals surface area contributed by atoms with Crippen molar-refractivity contribution in [3.8, 4) is 0 Å². The van der Waals surface area contributed by atoms with E-state index in [4.69, 9.17) is 16.3 Å². The van der Waals surface area contributed by atoms with Crippen molar-refractivity contribution in [2.75, 3.05) is 13.2 Å². The van der Waals surface area contributed by atoms with E-state index in [9.17, 15) is 9.59 Å². The Balaban J connectivity index is 2.21. The molecule has 1 aromatic carbocycles. The molecule has 0 aliphatic carbocycles. The van der Waals surface area contributed by atoms with Gasteiger partial charge in [-0.15, -0.1) is 0 Å². The average molecular weight is 239 g/mol. The van der Waals surface area contributed by atoms with Crippen LogP contribution in [0.3, 0.4) is 0 Å². The first-order chi connectivity index (χ1) is 7.68. The molecule has 1 heterocycles. The van der Waals surface area contributed by atoms with Gasteiger partial charge in [0.15, 0.2) is 5.78 Å². The lowest BCUT2D eigenvalue weighted by molar-refractivity contribution is -0.128. The molecule has 0 bridgehead atoms. The number of Topliss-reactive ketones (excluding diaryl/α,β-unsaturated/α-hetero) is 2. The molecule has 1 atom stereocenters. The van der Waals surface area contributed by atoms with Crippen molar-refractivity contribution in [2.45, 2.75) is 6.42 Å². The fourth-order valence-electron chi connectivity index (χ4n) is 1.71. The van der Waals surface area contributed by atoms with Gasteiger partial charge in [0, 0.05) is 17.0 Å². The highest BCUT2D eigenvalue weighted by atomic mass is 35.5. The molecule has 3 nitrogen and oxygen atoms in total. The molecule has 84 valence electrons. The Hall–Kier alpha value is -1.19. The highest BCUT2D eigenvalue weighted by Gasteiger charge is 2.30. The average Bonchev–Trinajstić information content (AvgIpc) is 2.29. The van der Waals surface area contributed by atoms with Crippen molar-refractivity contribution in [2.24, 2.45) is 5.92 Å². The maximum atomic E-state index is 12.0. The third kappa shape index (κ3) is 2.31. The fourth-order valence-corrected chi connectivity index (χ4v) is 1.90.